The molecule has 0 aliphatic carbocycles. The number of carbonyl (C=O) groups excluding carboxylic acids is 1. The molecule has 0 aromatic carbocycles. The normalized spacial score (nSPS) is 20.6. The third-order valence-corrected chi connectivity index (χ3v) is 8.38. The van der Waals surface area contributed by atoms with Crippen LogP contribution in [0.25, 0.3) is 11.3 Å². The fraction of sp³-hybridized carbons (Fsp3) is 0.375. The summed E-state index contributed by atoms with van der Waals surface area (Å²) in [6.45, 7) is 1.29. The molecule has 0 N–H and O–H groups in total. The van der Waals surface area contributed by atoms with E-state index in [-0.39, 0.29) is 16.2 Å². The van der Waals surface area contributed by atoms with Crippen molar-refractivity contribution in [2.75, 3.05) is 0 Å². The number of aryl methyl sites for hydroxylation is 1. The Bertz CT molecular complexity index is 1480. The second-order valence-electron chi connectivity index (χ2n) is 9.02. The van der Waals surface area contributed by atoms with Gasteiger partial charge < -0.3 is 0 Å². The number of nitrogens with zero attached hydrogens (tertiary/aromatic N) is 5. The summed E-state index contributed by atoms with van der Waals surface area (Å²) in [4.78, 5) is 26.6. The van der Waals surface area contributed by atoms with Crippen molar-refractivity contribution in [1.29, 1.82) is 0 Å². The second-order valence-corrected chi connectivity index (χ2v) is 10.9. The van der Waals surface area contributed by atoms with E-state index in [1.54, 1.807) is 0 Å². The lowest BCUT2D eigenvalue weighted by Crippen LogP contribution is -2.44. The lowest BCUT2D eigenvalue weighted by atomic mass is 9.98. The first-order valence-corrected chi connectivity index (χ1v) is 13.1. The maximum atomic E-state index is 14.6. The number of carbonyl (C=O) groups is 1. The molecule has 40 heavy (non-hydrogen) atoms. The fourth-order valence-electron chi connectivity index (χ4n) is 4.39. The summed E-state index contributed by atoms with van der Waals surface area (Å²) in [6, 6.07) is 0.841. The van der Waals surface area contributed by atoms with Gasteiger partial charge in [0.05, 0.1) is 23.3 Å². The third-order valence-electron chi connectivity index (χ3n) is 6.40. The molecule has 0 radical (unpaired) electrons. The molecular weight excluding hydrogens is 571 g/mol. The molecule has 3 atom stereocenters. The van der Waals surface area contributed by atoms with Crippen LogP contribution in [0.4, 0.5) is 30.7 Å². The van der Waals surface area contributed by atoms with Crippen molar-refractivity contribution in [1.82, 2.24) is 24.2 Å². The number of ketones is 1. The summed E-state index contributed by atoms with van der Waals surface area (Å²) >= 11 is 0. The maximum absolute atomic E-state index is 14.6. The molecule has 4 heterocycles. The Kier molecular flexibility index (Phi) is 7.95. The molecule has 0 saturated carbocycles. The predicted molar refractivity (Wildman–Crippen MR) is 125 cm³/mol. The zero-order chi connectivity index (χ0) is 29.5. The van der Waals surface area contributed by atoms with Gasteiger partial charge in [0.25, 0.3) is 0 Å². The van der Waals surface area contributed by atoms with E-state index >= 15 is 0 Å². The highest BCUT2D eigenvalue weighted by molar-refractivity contribution is 7.89. The van der Waals surface area contributed by atoms with E-state index in [1.165, 1.54) is 25.3 Å². The van der Waals surface area contributed by atoms with E-state index in [0.29, 0.717) is 6.20 Å². The molecule has 8 nitrogen and oxygen atoms in total. The van der Waals surface area contributed by atoms with Crippen molar-refractivity contribution < 1.29 is 43.9 Å². The molecule has 1 aliphatic rings. The van der Waals surface area contributed by atoms with Gasteiger partial charge in [-0.1, -0.05) is 0 Å². The Balaban J connectivity index is 1.61. The molecule has 214 valence electrons. The molecule has 0 bridgehead atoms. The number of Topliss-reactive ketones (excluding diaryl/α,β-unsaturated/α-hetero) is 1. The van der Waals surface area contributed by atoms with Gasteiger partial charge in [-0.15, -0.1) is 0 Å². The van der Waals surface area contributed by atoms with Crippen LogP contribution in [0, 0.1) is 0 Å². The maximum Gasteiger partial charge on any atom is 0.451 e. The second kappa shape index (κ2) is 10.8. The molecule has 1 fully saturated rings. The SMILES string of the molecule is C[C@H]1[C@H](F)C[C@@H](C(=O)CCc2cc(-c3cnc(C(F)(F)F)nc3)ncc2C(F)(F)F)N1S(=O)(=O)c1cccnc1. The lowest BCUT2D eigenvalue weighted by Gasteiger charge is -2.26. The lowest BCUT2D eigenvalue weighted by molar-refractivity contribution is -0.145. The number of hydrogen-bond donors (Lipinski definition) is 0. The van der Waals surface area contributed by atoms with Crippen LogP contribution < -0.4 is 0 Å². The largest absolute Gasteiger partial charge is 0.451 e. The first-order chi connectivity index (χ1) is 18.6. The third kappa shape index (κ3) is 5.96. The van der Waals surface area contributed by atoms with E-state index in [9.17, 15) is 43.9 Å². The van der Waals surface area contributed by atoms with E-state index in [4.69, 9.17) is 0 Å². The Morgan fingerprint density at radius 3 is 2.27 bits per heavy atom. The number of alkyl halides is 7. The molecule has 1 saturated heterocycles. The fourth-order valence-corrected chi connectivity index (χ4v) is 6.18. The van der Waals surface area contributed by atoms with Gasteiger partial charge in [0, 0.05) is 49.4 Å². The Morgan fingerprint density at radius 2 is 1.70 bits per heavy atom. The van der Waals surface area contributed by atoms with E-state index < -0.39 is 82.6 Å². The molecule has 3 aromatic heterocycles. The summed E-state index contributed by atoms with van der Waals surface area (Å²) in [5.41, 5.74) is -1.90. The van der Waals surface area contributed by atoms with Crippen molar-refractivity contribution in [3.8, 4) is 11.3 Å². The van der Waals surface area contributed by atoms with Crippen LogP contribution in [0.3, 0.4) is 0 Å². The summed E-state index contributed by atoms with van der Waals surface area (Å²) in [5, 5.41) is 0. The van der Waals surface area contributed by atoms with Crippen LogP contribution in [0.2, 0.25) is 0 Å². The van der Waals surface area contributed by atoms with E-state index in [0.717, 1.165) is 29.0 Å². The van der Waals surface area contributed by atoms with Crippen LogP contribution in [0.1, 0.15) is 36.7 Å². The highest BCUT2D eigenvalue weighted by atomic mass is 32.2. The zero-order valence-electron chi connectivity index (χ0n) is 20.5. The van der Waals surface area contributed by atoms with Crippen molar-refractivity contribution in [2.24, 2.45) is 0 Å². The standard InChI is InChI=1S/C24H20F7N5O3S/c1-13-18(25)8-20(36(13)40(38,39)16-3-2-6-32-11-16)21(37)5-4-14-7-19(33-12-17(14)23(26,27)28)15-9-34-22(35-10-15)24(29,30)31/h2-3,6-7,9-13,18,20H,4-5,8H2,1H3/t13-,18+,20-/m0/s1. The molecule has 4 rings (SSSR count). The molecule has 3 aromatic rings. The molecular formula is C24H20F7N5O3S. The predicted octanol–water partition coefficient (Wildman–Crippen LogP) is 4.66. The van der Waals surface area contributed by atoms with Gasteiger partial charge in [-0.3, -0.25) is 14.8 Å². The Morgan fingerprint density at radius 1 is 1.02 bits per heavy atom. The first kappa shape index (κ1) is 29.5. The summed E-state index contributed by atoms with van der Waals surface area (Å²) in [6.07, 6.45) is -8.66. The quantitative estimate of drug-likeness (QED) is 0.368. The number of sulfonamides is 1. The van der Waals surface area contributed by atoms with Gasteiger partial charge in [-0.25, -0.2) is 22.8 Å². The number of halogens is 7. The van der Waals surface area contributed by atoms with Gasteiger partial charge >= 0.3 is 12.4 Å². The van der Waals surface area contributed by atoms with Gasteiger partial charge in [-0.2, -0.15) is 30.6 Å². The minimum atomic E-state index is -4.89. The molecule has 0 amide bonds. The molecule has 0 unspecified atom stereocenters. The monoisotopic (exact) mass is 591 g/mol. The van der Waals surface area contributed by atoms with Crippen molar-refractivity contribution in [3.63, 3.8) is 0 Å². The van der Waals surface area contributed by atoms with E-state index in [1.807, 2.05) is 0 Å². The van der Waals surface area contributed by atoms with Crippen LogP contribution in [-0.2, 0) is 33.6 Å². The first-order valence-electron chi connectivity index (χ1n) is 11.7. The number of rotatable bonds is 7. The summed E-state index contributed by atoms with van der Waals surface area (Å²) < 4.78 is 121. The highest BCUT2D eigenvalue weighted by Gasteiger charge is 2.49. The average molecular weight is 592 g/mol. The minimum absolute atomic E-state index is 0.104. The molecule has 0 spiro atoms. The Labute approximate surface area is 223 Å². The highest BCUT2D eigenvalue weighted by Crippen LogP contribution is 2.36. The van der Waals surface area contributed by atoms with Crippen LogP contribution >= 0.6 is 0 Å². The number of hydrogen-bond acceptors (Lipinski definition) is 7. The topological polar surface area (TPSA) is 106 Å². The van der Waals surface area contributed by atoms with Gasteiger partial charge in [-0.05, 0) is 37.1 Å². The number of aromatic nitrogens is 4. The van der Waals surface area contributed by atoms with Crippen molar-refractivity contribution >= 4 is 15.8 Å². The Hall–Kier alpha value is -3.53. The number of pyridine rings is 2. The van der Waals surface area contributed by atoms with Crippen LogP contribution in [-0.4, -0.2) is 56.7 Å². The van der Waals surface area contributed by atoms with Crippen LogP contribution in [0.15, 0.2) is 54.1 Å². The average Bonchev–Trinajstić information content (AvgIpc) is 3.21. The molecule has 1 aliphatic heterocycles. The summed E-state index contributed by atoms with van der Waals surface area (Å²) in [5.74, 6) is -2.25. The molecule has 16 heteroatoms. The summed E-state index contributed by atoms with van der Waals surface area (Å²) in [7, 11) is -4.36. The minimum Gasteiger partial charge on any atom is -0.298 e. The van der Waals surface area contributed by atoms with Crippen molar-refractivity contribution in [3.05, 3.63) is 66.1 Å². The van der Waals surface area contributed by atoms with Gasteiger partial charge in [0.2, 0.25) is 15.8 Å². The zero-order valence-corrected chi connectivity index (χ0v) is 21.3. The van der Waals surface area contributed by atoms with Crippen molar-refractivity contribution in [2.45, 2.75) is 61.7 Å². The van der Waals surface area contributed by atoms with Gasteiger partial charge in [0.1, 0.15) is 11.1 Å². The van der Waals surface area contributed by atoms with Gasteiger partial charge in [0.15, 0.2) is 5.78 Å². The smallest absolute Gasteiger partial charge is 0.298 e. The van der Waals surface area contributed by atoms with E-state index in [2.05, 4.69) is 19.9 Å². The van der Waals surface area contributed by atoms with Crippen LogP contribution in [0.5, 0.6) is 0 Å².